The van der Waals surface area contributed by atoms with Crippen LogP contribution in [0.2, 0.25) is 0 Å². The lowest BCUT2D eigenvalue weighted by Gasteiger charge is -2.54. The first-order chi connectivity index (χ1) is 17.3. The van der Waals surface area contributed by atoms with Crippen LogP contribution in [0.25, 0.3) is 0 Å². The highest BCUT2D eigenvalue weighted by Crippen LogP contribution is 2.63. The third-order valence-corrected chi connectivity index (χ3v) is 10.1. The molecule has 2 saturated carbocycles. The number of hydrogen-bond donors (Lipinski definition) is 2. The van der Waals surface area contributed by atoms with Crippen molar-refractivity contribution in [3.05, 3.63) is 29.3 Å². The van der Waals surface area contributed by atoms with Gasteiger partial charge in [0.15, 0.2) is 0 Å². The average molecular weight is 500 g/mol. The van der Waals surface area contributed by atoms with E-state index in [0.717, 1.165) is 32.1 Å². The van der Waals surface area contributed by atoms with Crippen LogP contribution in [0.4, 0.5) is 0 Å². The van der Waals surface area contributed by atoms with Crippen molar-refractivity contribution in [3.8, 4) is 5.75 Å². The number of phenols is 1. The summed E-state index contributed by atoms with van der Waals surface area (Å²) in [6, 6.07) is 6.11. The smallest absolute Gasteiger partial charge is 0.245 e. The number of unbranched alkanes of at least 4 members (excludes halogenated alkanes) is 7. The summed E-state index contributed by atoms with van der Waals surface area (Å²) in [6.45, 7) is 2.38. The number of amides is 1. The third kappa shape index (κ3) is 5.93. The van der Waals surface area contributed by atoms with E-state index >= 15 is 0 Å². The van der Waals surface area contributed by atoms with Gasteiger partial charge in [-0.2, -0.15) is 0 Å². The Bertz CT molecular complexity index is 872. The van der Waals surface area contributed by atoms with Gasteiger partial charge in [-0.05, 0) is 97.3 Å². The Morgan fingerprint density at radius 3 is 2.47 bits per heavy atom. The predicted octanol–water partition coefficient (Wildman–Crippen LogP) is 6.76. The number of aliphatic hydroxyl groups excluding tert-OH is 1. The minimum Gasteiger partial charge on any atom is -0.508 e. The highest BCUT2D eigenvalue weighted by Gasteiger charge is 2.57. The summed E-state index contributed by atoms with van der Waals surface area (Å²) in [4.78, 5) is 16.7. The van der Waals surface area contributed by atoms with Gasteiger partial charge < -0.3 is 10.2 Å². The molecule has 2 N–H and O–H groups in total. The van der Waals surface area contributed by atoms with Crippen LogP contribution >= 0.6 is 0 Å². The summed E-state index contributed by atoms with van der Waals surface area (Å²) in [5.74, 6) is 3.01. The number of hydroxylamine groups is 2. The minimum absolute atomic E-state index is 0.0603. The van der Waals surface area contributed by atoms with E-state index in [-0.39, 0.29) is 17.4 Å². The van der Waals surface area contributed by atoms with Crippen molar-refractivity contribution >= 4 is 5.91 Å². The zero-order valence-electron chi connectivity index (χ0n) is 22.9. The Labute approximate surface area is 218 Å². The van der Waals surface area contributed by atoms with Crippen molar-refractivity contribution in [2.24, 2.45) is 23.2 Å². The second-order valence-corrected chi connectivity index (χ2v) is 12.2. The predicted molar refractivity (Wildman–Crippen MR) is 144 cm³/mol. The number of carbonyl (C=O) groups excluding carboxylic acids is 1. The van der Waals surface area contributed by atoms with Crippen LogP contribution in [0.15, 0.2) is 18.2 Å². The van der Waals surface area contributed by atoms with Gasteiger partial charge in [0.05, 0.1) is 13.2 Å². The molecular formula is C31H49NO4. The van der Waals surface area contributed by atoms with Crippen LogP contribution in [-0.2, 0) is 16.1 Å². The number of benzene rings is 1. The van der Waals surface area contributed by atoms with Crippen molar-refractivity contribution in [1.29, 1.82) is 0 Å². The van der Waals surface area contributed by atoms with Gasteiger partial charge in [-0.25, -0.2) is 5.06 Å². The number of phenolic OH excluding ortho intramolecular Hbond substituents is 1. The molecule has 5 heteroatoms. The first kappa shape index (κ1) is 27.4. The molecule has 0 radical (unpaired) electrons. The van der Waals surface area contributed by atoms with Gasteiger partial charge in [-0.3, -0.25) is 9.63 Å². The van der Waals surface area contributed by atoms with Gasteiger partial charge >= 0.3 is 0 Å². The number of hydrogen-bond acceptors (Lipinski definition) is 4. The van der Waals surface area contributed by atoms with Crippen molar-refractivity contribution in [1.82, 2.24) is 5.06 Å². The second kappa shape index (κ2) is 12.3. The molecule has 0 bridgehead atoms. The SMILES string of the molecule is CON(C)C(=O)CCCCCCCCCC[C@H]1C[C@]2(C)[C@@H](O)CC[C@H]2[C@@H]2CCc3cc(O)ccc3[C@@H]12. The van der Waals surface area contributed by atoms with E-state index in [1.807, 2.05) is 12.1 Å². The maximum atomic E-state index is 11.8. The van der Waals surface area contributed by atoms with Crippen LogP contribution in [-0.4, -0.2) is 41.4 Å². The lowest BCUT2D eigenvalue weighted by molar-refractivity contribution is -0.168. The number of rotatable bonds is 12. The molecule has 4 rings (SSSR count). The maximum absolute atomic E-state index is 11.8. The lowest BCUT2D eigenvalue weighted by atomic mass is 9.51. The summed E-state index contributed by atoms with van der Waals surface area (Å²) >= 11 is 0. The second-order valence-electron chi connectivity index (χ2n) is 12.2. The fourth-order valence-corrected chi connectivity index (χ4v) is 8.13. The molecule has 6 atom stereocenters. The number of fused-ring (bicyclic) bond motifs is 5. The van der Waals surface area contributed by atoms with E-state index in [1.54, 1.807) is 7.05 Å². The number of carbonyl (C=O) groups is 1. The highest BCUT2D eigenvalue weighted by atomic mass is 16.7. The molecular weight excluding hydrogens is 450 g/mol. The Kier molecular flexibility index (Phi) is 9.38. The maximum Gasteiger partial charge on any atom is 0.245 e. The Morgan fingerprint density at radius 2 is 1.75 bits per heavy atom. The first-order valence-corrected chi connectivity index (χ1v) is 14.7. The zero-order chi connectivity index (χ0) is 25.7. The molecule has 0 spiro atoms. The summed E-state index contributed by atoms with van der Waals surface area (Å²) in [5.41, 5.74) is 2.94. The van der Waals surface area contributed by atoms with E-state index < -0.39 is 0 Å². The minimum atomic E-state index is -0.141. The summed E-state index contributed by atoms with van der Waals surface area (Å²) in [6.07, 6.45) is 16.9. The molecule has 0 heterocycles. The summed E-state index contributed by atoms with van der Waals surface area (Å²) in [7, 11) is 3.20. The number of aromatic hydroxyl groups is 1. The van der Waals surface area contributed by atoms with Crippen molar-refractivity contribution in [2.75, 3.05) is 14.2 Å². The number of aliphatic hydroxyl groups is 1. The average Bonchev–Trinajstić information content (AvgIpc) is 3.17. The Hall–Kier alpha value is -1.59. The van der Waals surface area contributed by atoms with Crippen LogP contribution in [0, 0.1) is 23.2 Å². The molecule has 36 heavy (non-hydrogen) atoms. The molecule has 202 valence electrons. The molecule has 0 unspecified atom stereocenters. The molecule has 5 nitrogen and oxygen atoms in total. The molecule has 2 fully saturated rings. The molecule has 0 aliphatic heterocycles. The summed E-state index contributed by atoms with van der Waals surface area (Å²) < 4.78 is 0. The molecule has 3 aliphatic rings. The largest absolute Gasteiger partial charge is 0.508 e. The van der Waals surface area contributed by atoms with Crippen molar-refractivity contribution in [3.63, 3.8) is 0 Å². The fourth-order valence-electron chi connectivity index (χ4n) is 8.13. The zero-order valence-corrected chi connectivity index (χ0v) is 22.9. The van der Waals surface area contributed by atoms with E-state index in [4.69, 9.17) is 4.84 Å². The van der Waals surface area contributed by atoms with Crippen LogP contribution < -0.4 is 0 Å². The molecule has 0 saturated heterocycles. The van der Waals surface area contributed by atoms with E-state index in [0.29, 0.717) is 35.8 Å². The third-order valence-electron chi connectivity index (χ3n) is 10.1. The van der Waals surface area contributed by atoms with Crippen LogP contribution in [0.5, 0.6) is 5.75 Å². The quantitative estimate of drug-likeness (QED) is 0.246. The molecule has 3 aliphatic carbocycles. The Balaban J connectivity index is 1.24. The number of aryl methyl sites for hydroxylation is 1. The van der Waals surface area contributed by atoms with Gasteiger partial charge in [0.1, 0.15) is 5.75 Å². The molecule has 0 aromatic heterocycles. The van der Waals surface area contributed by atoms with Gasteiger partial charge in [0, 0.05) is 13.5 Å². The van der Waals surface area contributed by atoms with Gasteiger partial charge in [-0.15, -0.1) is 0 Å². The van der Waals surface area contributed by atoms with Crippen molar-refractivity contribution < 1.29 is 19.8 Å². The monoisotopic (exact) mass is 499 g/mol. The van der Waals surface area contributed by atoms with E-state index in [9.17, 15) is 15.0 Å². The van der Waals surface area contributed by atoms with Gasteiger partial charge in [0.25, 0.3) is 0 Å². The standard InChI is InChI=1S/C31H49NO4/c1-31-21-23(12-10-8-6-4-5-7-9-11-13-29(35)32(2)36-3)30-25-17-15-24(33)20-22(25)14-16-26(30)27(31)18-19-28(31)34/h15,17,20,23,26-28,30,33-34H,4-14,16,18-19,21H2,1-3H3/t23-,26-,27-,28-,30+,31-/m0/s1. The normalized spacial score (nSPS) is 30.9. The fraction of sp³-hybridized carbons (Fsp3) is 0.774. The van der Waals surface area contributed by atoms with Crippen LogP contribution in [0.1, 0.15) is 114 Å². The molecule has 1 amide bonds. The van der Waals surface area contributed by atoms with E-state index in [1.165, 1.54) is 81.1 Å². The first-order valence-electron chi connectivity index (χ1n) is 14.7. The topological polar surface area (TPSA) is 70.0 Å². The van der Waals surface area contributed by atoms with Crippen molar-refractivity contribution in [2.45, 2.75) is 115 Å². The van der Waals surface area contributed by atoms with Crippen LogP contribution in [0.3, 0.4) is 0 Å². The van der Waals surface area contributed by atoms with Gasteiger partial charge in [0.2, 0.25) is 5.91 Å². The molecule has 1 aromatic rings. The summed E-state index contributed by atoms with van der Waals surface area (Å²) in [5, 5.41) is 22.4. The molecule has 1 aromatic carbocycles. The van der Waals surface area contributed by atoms with E-state index in [2.05, 4.69) is 13.0 Å². The highest BCUT2D eigenvalue weighted by molar-refractivity contribution is 5.74. The van der Waals surface area contributed by atoms with Gasteiger partial charge in [-0.1, -0.05) is 57.9 Å². The Morgan fingerprint density at radius 1 is 1.06 bits per heavy atom. The lowest BCUT2D eigenvalue weighted by Crippen LogP contribution is -2.47. The number of nitrogens with zero attached hydrogens (tertiary/aromatic N) is 1.